The molecule has 53 heavy (non-hydrogen) atoms. The van der Waals surface area contributed by atoms with Gasteiger partial charge in [0, 0.05) is 126 Å². The summed E-state index contributed by atoms with van der Waals surface area (Å²) in [5, 5.41) is 24.5. The molecule has 3 N–H and O–H groups in total. The molecule has 5 heterocycles. The molecule has 2 aromatic heterocycles. The SMILES string of the molecule is CC(=O)N1CCC(NC2CCC(N3CCN(c4ncc(C=O)cn4)CC3)CC2)=C(C(=N)N2CCCc3cc(-c4cnn(C)c4)c(C(F)F)cc32)C1.CO. The summed E-state index contributed by atoms with van der Waals surface area (Å²) in [7, 11) is 2.77. The number of amidine groups is 1. The number of aliphatic hydroxyl groups is 1. The standard InChI is InChI=1S/C37H46F2N10O2.CH4O/c1-24(51)48-11-9-33(44-28-5-7-29(8-6-28)46-12-14-47(15-13-46)37-41-18-25(23-50)19-42-37)32(22-48)36(40)49-10-3-4-26-16-30(27-20-43-45(2)21-27)31(35(38)39)17-34(26)49;1-2/h16-21,23,28-29,35,40,44H,3-15,22H2,1-2H3;2H,1H3. The normalized spacial score (nSPS) is 20.8. The number of hydrogen-bond acceptors (Lipinski definition) is 10. The van der Waals surface area contributed by atoms with E-state index in [0.717, 1.165) is 94.9 Å². The number of amides is 1. The predicted octanol–water partition coefficient (Wildman–Crippen LogP) is 4.19. The Balaban J connectivity index is 0.00000236. The van der Waals surface area contributed by atoms with Crippen molar-refractivity contribution < 1.29 is 23.5 Å². The molecule has 0 atom stereocenters. The van der Waals surface area contributed by atoms with E-state index in [1.54, 1.807) is 54.4 Å². The quantitative estimate of drug-likeness (QED) is 0.175. The van der Waals surface area contributed by atoms with Gasteiger partial charge in [0.05, 0.1) is 18.3 Å². The number of nitrogens with one attached hydrogen (secondary N) is 2. The van der Waals surface area contributed by atoms with Gasteiger partial charge in [-0.2, -0.15) is 5.10 Å². The Labute approximate surface area is 309 Å². The molecular formula is C38H50F2N10O3. The molecule has 7 rings (SSSR count). The van der Waals surface area contributed by atoms with Crippen molar-refractivity contribution in [2.24, 2.45) is 7.05 Å². The number of hydrogen-bond donors (Lipinski definition) is 3. The third kappa shape index (κ3) is 8.41. The van der Waals surface area contributed by atoms with E-state index in [9.17, 15) is 23.8 Å². The maximum atomic E-state index is 14.5. The van der Waals surface area contributed by atoms with E-state index in [4.69, 9.17) is 5.11 Å². The first-order chi connectivity index (χ1) is 25.7. The number of aryl methyl sites for hydroxylation is 2. The van der Waals surface area contributed by atoms with E-state index in [1.807, 2.05) is 11.0 Å². The van der Waals surface area contributed by atoms with Crippen molar-refractivity contribution in [2.75, 3.05) is 62.7 Å². The number of fused-ring (bicyclic) bond motifs is 1. The number of carbonyl (C=O) groups excluding carboxylic acids is 2. The first kappa shape index (κ1) is 38.0. The van der Waals surface area contributed by atoms with Crippen LogP contribution in [0.25, 0.3) is 11.1 Å². The van der Waals surface area contributed by atoms with Crippen LogP contribution < -0.4 is 15.1 Å². The maximum absolute atomic E-state index is 14.5. The van der Waals surface area contributed by atoms with Gasteiger partial charge in [0.2, 0.25) is 11.9 Å². The van der Waals surface area contributed by atoms with Crippen molar-refractivity contribution in [3.63, 3.8) is 0 Å². The largest absolute Gasteiger partial charge is 0.400 e. The second-order valence-electron chi connectivity index (χ2n) is 14.1. The number of halogens is 2. The summed E-state index contributed by atoms with van der Waals surface area (Å²) in [4.78, 5) is 40.6. The first-order valence-electron chi connectivity index (χ1n) is 18.4. The lowest BCUT2D eigenvalue weighted by molar-refractivity contribution is -0.128. The van der Waals surface area contributed by atoms with Crippen molar-refractivity contribution in [2.45, 2.75) is 70.4 Å². The number of carbonyl (C=O) groups is 2. The molecule has 1 saturated heterocycles. The van der Waals surface area contributed by atoms with Crippen LogP contribution in [0.4, 0.5) is 20.4 Å². The molecule has 284 valence electrons. The van der Waals surface area contributed by atoms with Crippen LogP contribution in [0.1, 0.15) is 73.4 Å². The van der Waals surface area contributed by atoms with Gasteiger partial charge in [0.15, 0.2) is 6.29 Å². The molecule has 13 nitrogen and oxygen atoms in total. The second-order valence-corrected chi connectivity index (χ2v) is 14.1. The highest BCUT2D eigenvalue weighted by atomic mass is 19.3. The molecule has 0 spiro atoms. The fourth-order valence-electron chi connectivity index (χ4n) is 8.12. The molecule has 1 saturated carbocycles. The lowest BCUT2D eigenvalue weighted by Gasteiger charge is -2.43. The molecule has 15 heteroatoms. The van der Waals surface area contributed by atoms with Crippen LogP contribution >= 0.6 is 0 Å². The maximum Gasteiger partial charge on any atom is 0.264 e. The lowest BCUT2D eigenvalue weighted by Crippen LogP contribution is -2.52. The number of rotatable bonds is 8. The summed E-state index contributed by atoms with van der Waals surface area (Å²) < 4.78 is 30.6. The van der Waals surface area contributed by atoms with Gasteiger partial charge in [-0.3, -0.25) is 24.6 Å². The van der Waals surface area contributed by atoms with Gasteiger partial charge < -0.3 is 25.1 Å². The summed E-state index contributed by atoms with van der Waals surface area (Å²) in [6.45, 7) is 6.55. The summed E-state index contributed by atoms with van der Waals surface area (Å²) in [6.07, 6.45) is 10.9. The highest BCUT2D eigenvalue weighted by Gasteiger charge is 2.33. The zero-order valence-corrected chi connectivity index (χ0v) is 30.8. The van der Waals surface area contributed by atoms with Crippen LogP contribution in [0.5, 0.6) is 0 Å². The van der Waals surface area contributed by atoms with Gasteiger partial charge >= 0.3 is 0 Å². The molecule has 1 amide bonds. The zero-order chi connectivity index (χ0) is 37.6. The van der Waals surface area contributed by atoms with Gasteiger partial charge in [-0.25, -0.2) is 18.7 Å². The Morgan fingerprint density at radius 3 is 2.34 bits per heavy atom. The molecule has 0 bridgehead atoms. The van der Waals surface area contributed by atoms with Crippen LogP contribution in [0, 0.1) is 5.41 Å². The van der Waals surface area contributed by atoms with Crippen LogP contribution in [0.3, 0.4) is 0 Å². The highest BCUT2D eigenvalue weighted by molar-refractivity contribution is 6.09. The Hall–Kier alpha value is -4.76. The minimum atomic E-state index is -2.68. The van der Waals surface area contributed by atoms with Crippen LogP contribution in [-0.4, -0.2) is 118 Å². The van der Waals surface area contributed by atoms with Gasteiger partial charge in [0.1, 0.15) is 5.84 Å². The third-order valence-corrected chi connectivity index (χ3v) is 10.9. The van der Waals surface area contributed by atoms with Crippen molar-refractivity contribution in [1.29, 1.82) is 5.41 Å². The minimum absolute atomic E-state index is 0.0374. The smallest absolute Gasteiger partial charge is 0.264 e. The van der Waals surface area contributed by atoms with Crippen molar-refractivity contribution >= 4 is 29.7 Å². The lowest BCUT2D eigenvalue weighted by atomic mass is 9.89. The first-order valence-corrected chi connectivity index (χ1v) is 18.4. The number of aromatic nitrogens is 4. The number of aliphatic hydroxyl groups excluding tert-OH is 1. The fourth-order valence-corrected chi connectivity index (χ4v) is 8.12. The Morgan fingerprint density at radius 1 is 1.00 bits per heavy atom. The fraction of sp³-hybridized carbons (Fsp3) is 0.526. The molecule has 3 aromatic rings. The third-order valence-electron chi connectivity index (χ3n) is 10.9. The number of benzene rings is 1. The van der Waals surface area contributed by atoms with Crippen LogP contribution in [0.15, 0.2) is 48.2 Å². The number of alkyl halides is 2. The molecule has 0 unspecified atom stereocenters. The predicted molar refractivity (Wildman–Crippen MR) is 199 cm³/mol. The van der Waals surface area contributed by atoms with Crippen molar-refractivity contribution in [3.05, 3.63) is 64.9 Å². The van der Waals surface area contributed by atoms with Crippen LogP contribution in [0.2, 0.25) is 0 Å². The number of piperazine rings is 1. The zero-order valence-electron chi connectivity index (χ0n) is 30.8. The molecule has 2 fully saturated rings. The molecule has 1 aromatic carbocycles. The van der Waals surface area contributed by atoms with E-state index in [1.165, 1.54) is 0 Å². The van der Waals surface area contributed by atoms with E-state index < -0.39 is 6.43 Å². The van der Waals surface area contributed by atoms with E-state index >= 15 is 0 Å². The monoisotopic (exact) mass is 732 g/mol. The average molecular weight is 733 g/mol. The Morgan fingerprint density at radius 2 is 1.72 bits per heavy atom. The highest BCUT2D eigenvalue weighted by Crippen LogP contribution is 2.40. The minimum Gasteiger partial charge on any atom is -0.400 e. The number of anilines is 2. The van der Waals surface area contributed by atoms with Crippen molar-refractivity contribution in [1.82, 2.24) is 34.9 Å². The number of nitrogens with zero attached hydrogens (tertiary/aromatic N) is 8. The molecule has 1 aliphatic carbocycles. The van der Waals surface area contributed by atoms with Gasteiger partial charge in [-0.15, -0.1) is 0 Å². The van der Waals surface area contributed by atoms with Gasteiger partial charge in [-0.05, 0) is 61.8 Å². The van der Waals surface area contributed by atoms with Crippen molar-refractivity contribution in [3.8, 4) is 11.1 Å². The van der Waals surface area contributed by atoms with E-state index in [0.29, 0.717) is 60.4 Å². The molecule has 4 aliphatic rings. The average Bonchev–Trinajstić information content (AvgIpc) is 3.64. The summed E-state index contributed by atoms with van der Waals surface area (Å²) in [5.41, 5.74) is 4.87. The Bertz CT molecular complexity index is 1800. The topological polar surface area (TPSA) is 147 Å². The summed E-state index contributed by atoms with van der Waals surface area (Å²) in [6, 6.07) is 4.17. The Kier molecular flexibility index (Phi) is 12.1. The van der Waals surface area contributed by atoms with E-state index in [-0.39, 0.29) is 23.3 Å². The van der Waals surface area contributed by atoms with Gasteiger partial charge in [-0.1, -0.05) is 0 Å². The molecular weight excluding hydrogens is 682 g/mol. The summed E-state index contributed by atoms with van der Waals surface area (Å²) in [5.74, 6) is 0.898. The molecule has 0 radical (unpaired) electrons. The summed E-state index contributed by atoms with van der Waals surface area (Å²) >= 11 is 0. The van der Waals surface area contributed by atoms with E-state index in [2.05, 4.69) is 30.2 Å². The second kappa shape index (κ2) is 16.9. The molecule has 3 aliphatic heterocycles. The van der Waals surface area contributed by atoms with Gasteiger partial charge in [0.25, 0.3) is 6.43 Å². The van der Waals surface area contributed by atoms with Crippen LogP contribution in [-0.2, 0) is 18.3 Å². The number of aldehydes is 1.